The molecule has 0 saturated carbocycles. The molecule has 0 atom stereocenters. The van der Waals surface area contributed by atoms with Crippen molar-refractivity contribution >= 4 is 22.6 Å². The van der Waals surface area contributed by atoms with Crippen LogP contribution in [0, 0.1) is 19.7 Å². The van der Waals surface area contributed by atoms with Crippen LogP contribution in [0.1, 0.15) is 17.7 Å². The van der Waals surface area contributed by atoms with E-state index in [1.165, 1.54) is 18.2 Å². The molecule has 0 aliphatic carbocycles. The van der Waals surface area contributed by atoms with Crippen molar-refractivity contribution in [1.29, 1.82) is 0 Å². The first-order valence-electron chi connectivity index (χ1n) is 7.98. The summed E-state index contributed by atoms with van der Waals surface area (Å²) in [5.74, 6) is -0.582. The van der Waals surface area contributed by atoms with E-state index in [1.807, 2.05) is 24.3 Å². The van der Waals surface area contributed by atoms with E-state index in [9.17, 15) is 14.0 Å². The van der Waals surface area contributed by atoms with Gasteiger partial charge in [-0.1, -0.05) is 12.1 Å². The lowest BCUT2D eigenvalue weighted by Gasteiger charge is -2.12. The first kappa shape index (κ1) is 16.8. The highest BCUT2D eigenvalue weighted by molar-refractivity contribution is 5.91. The molecule has 25 heavy (non-hydrogen) atoms. The van der Waals surface area contributed by atoms with Crippen molar-refractivity contribution in [3.05, 3.63) is 69.9 Å². The summed E-state index contributed by atoms with van der Waals surface area (Å²) >= 11 is 0. The number of aromatic nitrogens is 2. The Hall–Kier alpha value is -3.02. The van der Waals surface area contributed by atoms with Crippen LogP contribution >= 0.6 is 0 Å². The maximum absolute atomic E-state index is 13.1. The van der Waals surface area contributed by atoms with Gasteiger partial charge in [0.05, 0.1) is 11.0 Å². The summed E-state index contributed by atoms with van der Waals surface area (Å²) in [6, 6.07) is 11.5. The lowest BCUT2D eigenvalue weighted by Crippen LogP contribution is -2.26. The van der Waals surface area contributed by atoms with Gasteiger partial charge in [0.2, 0.25) is 5.91 Å². The average molecular weight is 339 g/mol. The predicted octanol–water partition coefficient (Wildman–Crippen LogP) is 3.18. The van der Waals surface area contributed by atoms with E-state index in [2.05, 4.69) is 10.3 Å². The molecular formula is C19H18FN3O2. The van der Waals surface area contributed by atoms with Crippen molar-refractivity contribution in [2.24, 2.45) is 0 Å². The first-order chi connectivity index (χ1) is 12.0. The van der Waals surface area contributed by atoms with Crippen molar-refractivity contribution in [3.8, 4) is 0 Å². The number of carbonyl (C=O) groups excluding carboxylic acids is 1. The molecule has 0 fully saturated rings. The Morgan fingerprint density at radius 3 is 2.72 bits per heavy atom. The monoisotopic (exact) mass is 339 g/mol. The van der Waals surface area contributed by atoms with Crippen LogP contribution in [0.5, 0.6) is 0 Å². The molecule has 1 N–H and O–H groups in total. The summed E-state index contributed by atoms with van der Waals surface area (Å²) in [5, 5.41) is 2.75. The maximum Gasteiger partial charge on any atom is 0.272 e. The number of aryl methyl sites for hydroxylation is 3. The molecular weight excluding hydrogens is 321 g/mol. The number of rotatable bonds is 4. The fourth-order valence-corrected chi connectivity index (χ4v) is 2.74. The number of benzene rings is 2. The fraction of sp³-hybridized carbons (Fsp3) is 0.211. The van der Waals surface area contributed by atoms with Gasteiger partial charge < -0.3 is 9.88 Å². The maximum atomic E-state index is 13.1. The van der Waals surface area contributed by atoms with Crippen molar-refractivity contribution in [2.45, 2.75) is 26.8 Å². The normalized spacial score (nSPS) is 10.8. The van der Waals surface area contributed by atoms with Crippen LogP contribution in [-0.4, -0.2) is 15.5 Å². The number of carbonyl (C=O) groups is 1. The molecule has 128 valence electrons. The van der Waals surface area contributed by atoms with Crippen LogP contribution < -0.4 is 10.9 Å². The third-order valence-corrected chi connectivity index (χ3v) is 4.04. The van der Waals surface area contributed by atoms with E-state index >= 15 is 0 Å². The highest BCUT2D eigenvalue weighted by Gasteiger charge is 2.10. The van der Waals surface area contributed by atoms with E-state index < -0.39 is 0 Å². The molecule has 6 heteroatoms. The van der Waals surface area contributed by atoms with E-state index in [-0.39, 0.29) is 30.2 Å². The zero-order valence-corrected chi connectivity index (χ0v) is 14.0. The molecule has 0 bridgehead atoms. The molecule has 0 saturated heterocycles. The Morgan fingerprint density at radius 2 is 1.96 bits per heavy atom. The van der Waals surface area contributed by atoms with Gasteiger partial charge in [0.25, 0.3) is 5.56 Å². The predicted molar refractivity (Wildman–Crippen MR) is 95.1 cm³/mol. The highest BCUT2D eigenvalue weighted by atomic mass is 19.1. The molecule has 1 aromatic heterocycles. The van der Waals surface area contributed by atoms with Gasteiger partial charge >= 0.3 is 0 Å². The second kappa shape index (κ2) is 6.84. The van der Waals surface area contributed by atoms with Crippen molar-refractivity contribution in [2.75, 3.05) is 5.32 Å². The Bertz CT molecular complexity index is 1010. The van der Waals surface area contributed by atoms with Gasteiger partial charge in [-0.3, -0.25) is 9.59 Å². The fourth-order valence-electron chi connectivity index (χ4n) is 2.74. The lowest BCUT2D eigenvalue weighted by molar-refractivity contribution is -0.116. The summed E-state index contributed by atoms with van der Waals surface area (Å²) in [6.07, 6.45) is 0.129. The second-order valence-electron chi connectivity index (χ2n) is 5.90. The summed E-state index contributed by atoms with van der Waals surface area (Å²) < 4.78 is 14.7. The van der Waals surface area contributed by atoms with E-state index in [4.69, 9.17) is 0 Å². The molecule has 3 rings (SSSR count). The number of nitrogens with zero attached hydrogens (tertiary/aromatic N) is 2. The second-order valence-corrected chi connectivity index (χ2v) is 5.90. The molecule has 0 spiro atoms. The van der Waals surface area contributed by atoms with Gasteiger partial charge in [-0.05, 0) is 49.7 Å². The van der Waals surface area contributed by atoms with Gasteiger partial charge in [0.15, 0.2) is 0 Å². The van der Waals surface area contributed by atoms with Gasteiger partial charge in [0.1, 0.15) is 11.5 Å². The number of halogens is 1. The highest BCUT2D eigenvalue weighted by Crippen LogP contribution is 2.16. The van der Waals surface area contributed by atoms with Crippen LogP contribution in [0.15, 0.2) is 47.3 Å². The van der Waals surface area contributed by atoms with Crippen LogP contribution in [-0.2, 0) is 11.3 Å². The molecule has 1 heterocycles. The summed E-state index contributed by atoms with van der Waals surface area (Å²) in [7, 11) is 0. The van der Waals surface area contributed by atoms with Crippen molar-refractivity contribution < 1.29 is 9.18 Å². The van der Waals surface area contributed by atoms with Crippen molar-refractivity contribution in [3.63, 3.8) is 0 Å². The molecule has 5 nitrogen and oxygen atoms in total. The third-order valence-electron chi connectivity index (χ3n) is 4.04. The van der Waals surface area contributed by atoms with E-state index in [0.29, 0.717) is 22.5 Å². The van der Waals surface area contributed by atoms with Gasteiger partial charge in [-0.2, -0.15) is 0 Å². The first-order valence-corrected chi connectivity index (χ1v) is 7.98. The van der Waals surface area contributed by atoms with Gasteiger partial charge in [-0.25, -0.2) is 9.37 Å². The molecule has 0 aliphatic heterocycles. The Balaban J connectivity index is 1.79. The topological polar surface area (TPSA) is 64.0 Å². The van der Waals surface area contributed by atoms with Crippen LogP contribution in [0.4, 0.5) is 10.1 Å². The zero-order valence-electron chi connectivity index (χ0n) is 14.0. The summed E-state index contributed by atoms with van der Waals surface area (Å²) in [4.78, 5) is 28.9. The molecule has 0 radical (unpaired) electrons. The largest absolute Gasteiger partial charge is 0.326 e. The SMILES string of the molecule is Cc1cc(F)ccc1NC(=O)CCn1c(=O)c(C)nc2ccccc21. The smallest absolute Gasteiger partial charge is 0.272 e. The number of hydrogen-bond donors (Lipinski definition) is 1. The van der Waals surface area contributed by atoms with Gasteiger partial charge in [0, 0.05) is 18.7 Å². The van der Waals surface area contributed by atoms with Crippen LogP contribution in [0.25, 0.3) is 11.0 Å². The lowest BCUT2D eigenvalue weighted by atomic mass is 10.2. The minimum atomic E-state index is -0.346. The van der Waals surface area contributed by atoms with Gasteiger partial charge in [-0.15, -0.1) is 0 Å². The number of hydrogen-bond acceptors (Lipinski definition) is 3. The molecule has 0 aliphatic rings. The van der Waals surface area contributed by atoms with E-state index in [0.717, 1.165) is 5.52 Å². The number of para-hydroxylation sites is 2. The number of amides is 1. The average Bonchev–Trinajstić information content (AvgIpc) is 2.58. The standard InChI is InChI=1S/C19H18FN3O2/c1-12-11-14(20)7-8-15(12)22-18(24)9-10-23-17-6-4-3-5-16(17)21-13(2)19(23)25/h3-8,11H,9-10H2,1-2H3,(H,22,24). The Morgan fingerprint density at radius 1 is 1.20 bits per heavy atom. The quantitative estimate of drug-likeness (QED) is 0.794. The molecule has 0 unspecified atom stereocenters. The Labute approximate surface area is 144 Å². The third kappa shape index (κ3) is 3.57. The van der Waals surface area contributed by atoms with Crippen LogP contribution in [0.3, 0.4) is 0 Å². The summed E-state index contributed by atoms with van der Waals surface area (Å²) in [6.45, 7) is 3.63. The zero-order chi connectivity index (χ0) is 18.0. The number of nitrogens with one attached hydrogen (secondary N) is 1. The van der Waals surface area contributed by atoms with Crippen molar-refractivity contribution in [1.82, 2.24) is 9.55 Å². The van der Waals surface area contributed by atoms with E-state index in [1.54, 1.807) is 18.4 Å². The molecule has 2 aromatic carbocycles. The minimum absolute atomic E-state index is 0.129. The molecule has 3 aromatic rings. The minimum Gasteiger partial charge on any atom is -0.326 e. The number of fused-ring (bicyclic) bond motifs is 1. The number of anilines is 1. The molecule has 1 amide bonds. The Kier molecular flexibility index (Phi) is 4.61. The van der Waals surface area contributed by atoms with Crippen LogP contribution in [0.2, 0.25) is 0 Å². The summed E-state index contributed by atoms with van der Waals surface area (Å²) in [5.41, 5.74) is 2.82.